The predicted octanol–water partition coefficient (Wildman–Crippen LogP) is 4.75. The number of amides is 1. The fourth-order valence-corrected chi connectivity index (χ4v) is 9.39. The Labute approximate surface area is 332 Å². The van der Waals surface area contributed by atoms with Gasteiger partial charge >= 0.3 is 5.97 Å². The quantitative estimate of drug-likeness (QED) is 0.326. The van der Waals surface area contributed by atoms with Gasteiger partial charge in [0.05, 0.1) is 30.1 Å². The number of hydrogen-bond donors (Lipinski definition) is 2. The average Bonchev–Trinajstić information content (AvgIpc) is 4.02. The molecular formula is C44H62N8O4. The monoisotopic (exact) mass is 766 g/mol. The van der Waals surface area contributed by atoms with Gasteiger partial charge in [-0.15, -0.1) is 0 Å². The lowest BCUT2D eigenvalue weighted by molar-refractivity contribution is -0.155. The number of fused-ring (bicyclic) bond motifs is 6. The zero-order chi connectivity index (χ0) is 39.1. The number of aryl methyl sites for hydroxylation is 1. The molecule has 5 aliphatic rings. The number of piperazine rings is 1. The van der Waals surface area contributed by atoms with Gasteiger partial charge in [0.15, 0.2) is 0 Å². The summed E-state index contributed by atoms with van der Waals surface area (Å²) < 4.78 is 14.6. The van der Waals surface area contributed by atoms with Gasteiger partial charge in [0.25, 0.3) is 5.91 Å². The Kier molecular flexibility index (Phi) is 11.4. The van der Waals surface area contributed by atoms with E-state index < -0.39 is 17.5 Å². The highest BCUT2D eigenvalue weighted by Gasteiger charge is 2.35. The van der Waals surface area contributed by atoms with Crippen molar-refractivity contribution in [1.82, 2.24) is 34.7 Å². The largest absolute Gasteiger partial charge is 0.464 e. The number of benzene rings is 1. The number of nitrogens with two attached hydrogens (primary N) is 1. The minimum Gasteiger partial charge on any atom is -0.464 e. The van der Waals surface area contributed by atoms with Crippen LogP contribution in [-0.2, 0) is 38.6 Å². The Balaban J connectivity index is 1.22. The van der Waals surface area contributed by atoms with E-state index in [2.05, 4.69) is 88.9 Å². The van der Waals surface area contributed by atoms with Gasteiger partial charge in [-0.2, -0.15) is 0 Å². The van der Waals surface area contributed by atoms with Gasteiger partial charge in [-0.3, -0.25) is 34.3 Å². The van der Waals surface area contributed by atoms with E-state index >= 15 is 0 Å². The number of hydrogen-bond acceptors (Lipinski definition) is 10. The molecule has 3 N–H and O–H groups in total. The van der Waals surface area contributed by atoms with Crippen molar-refractivity contribution in [2.75, 3.05) is 66.1 Å². The highest BCUT2D eigenvalue weighted by Crippen LogP contribution is 2.42. The molecule has 1 unspecified atom stereocenters. The molecule has 2 saturated heterocycles. The molecule has 56 heavy (non-hydrogen) atoms. The van der Waals surface area contributed by atoms with E-state index in [0.717, 1.165) is 75.2 Å². The zero-order valence-electron chi connectivity index (χ0n) is 34.2. The first-order valence-electron chi connectivity index (χ1n) is 21.1. The molecule has 0 radical (unpaired) electrons. The van der Waals surface area contributed by atoms with Crippen LogP contribution in [-0.4, -0.2) is 125 Å². The van der Waals surface area contributed by atoms with Gasteiger partial charge in [0, 0.05) is 107 Å². The second kappa shape index (κ2) is 16.3. The van der Waals surface area contributed by atoms with E-state index in [9.17, 15) is 9.59 Å². The van der Waals surface area contributed by atoms with Crippen LogP contribution in [0.4, 0.5) is 0 Å². The van der Waals surface area contributed by atoms with Crippen LogP contribution in [0.1, 0.15) is 88.3 Å². The number of esters is 1. The molecule has 1 aliphatic carbocycles. The summed E-state index contributed by atoms with van der Waals surface area (Å²) in [5.74, 6) is -0.517. The Morgan fingerprint density at radius 1 is 1.07 bits per heavy atom. The number of pyridine rings is 1. The van der Waals surface area contributed by atoms with E-state index in [1.54, 1.807) is 12.1 Å². The van der Waals surface area contributed by atoms with E-state index in [1.165, 1.54) is 46.0 Å². The second-order valence-corrected chi connectivity index (χ2v) is 17.6. The SMILES string of the molecule is CCn1c(-c2cc(CN3CCN(C4CC4)CC3)cnc2[C@H](C)OC)c2c3cc(ccc31)C1=CCCN(C1)C[C@H](N)C(=O)N1CCC[C@H](N1)C(=O)OCC(C)(C)C2. The predicted molar refractivity (Wildman–Crippen MR) is 219 cm³/mol. The first kappa shape index (κ1) is 39.2. The van der Waals surface area contributed by atoms with Crippen molar-refractivity contribution < 1.29 is 19.1 Å². The zero-order valence-corrected chi connectivity index (χ0v) is 34.2. The maximum Gasteiger partial charge on any atom is 0.324 e. The van der Waals surface area contributed by atoms with E-state index in [0.29, 0.717) is 38.9 Å². The van der Waals surface area contributed by atoms with Gasteiger partial charge in [0.1, 0.15) is 6.04 Å². The molecule has 8 rings (SSSR count). The third kappa shape index (κ3) is 8.19. The highest BCUT2D eigenvalue weighted by molar-refractivity contribution is 5.95. The number of cyclic esters (lactones) is 1. The lowest BCUT2D eigenvalue weighted by Gasteiger charge is -2.36. The molecule has 12 heteroatoms. The average molecular weight is 767 g/mol. The third-order valence-corrected chi connectivity index (χ3v) is 12.7. The number of rotatable bonds is 7. The molecule has 1 amide bonds. The minimum absolute atomic E-state index is 0.184. The van der Waals surface area contributed by atoms with Crippen molar-refractivity contribution in [3.63, 3.8) is 0 Å². The first-order valence-corrected chi connectivity index (χ1v) is 21.1. The molecule has 302 valence electrons. The second-order valence-electron chi connectivity index (χ2n) is 17.6. The molecule has 0 spiro atoms. The number of carbonyl (C=O) groups is 2. The molecule has 2 aromatic heterocycles. The summed E-state index contributed by atoms with van der Waals surface area (Å²) in [6.45, 7) is 17.5. The first-order chi connectivity index (χ1) is 27.0. The summed E-state index contributed by atoms with van der Waals surface area (Å²) in [6.07, 6.45) is 9.77. The number of aromatic nitrogens is 2. The molecule has 1 saturated carbocycles. The van der Waals surface area contributed by atoms with Crippen molar-refractivity contribution in [2.45, 2.75) is 104 Å². The Morgan fingerprint density at radius 3 is 2.62 bits per heavy atom. The summed E-state index contributed by atoms with van der Waals surface area (Å²) in [5.41, 5.74) is 18.6. The van der Waals surface area contributed by atoms with Crippen LogP contribution >= 0.6 is 0 Å². The van der Waals surface area contributed by atoms with Crippen LogP contribution in [0, 0.1) is 5.41 Å². The summed E-state index contributed by atoms with van der Waals surface area (Å²) in [6, 6.07) is 8.77. The minimum atomic E-state index is -0.704. The standard InChI is InChI=1S/C44H62N8O4/c1-6-51-39-14-11-31-22-34(39)36(41(51)35-21-30(24-46-40(35)29(2)55-5)25-48-17-19-50(20-18-48)33-12-13-33)23-44(3,4)28-56-43(54)38-10-8-16-52(47-38)42(53)37(45)27-49-15-7-9-32(31)26-49/h9,11,14,21-22,24,29,33,37-38,47H,6-8,10,12-13,15-20,23,25-28,45H2,1-5H3/t29-,37-,38-/m0/s1. The summed E-state index contributed by atoms with van der Waals surface area (Å²) in [7, 11) is 1.76. The fraction of sp³-hybridized carbons (Fsp3) is 0.614. The number of nitrogens with zero attached hydrogens (tertiary/aromatic N) is 6. The molecule has 6 heterocycles. The van der Waals surface area contributed by atoms with Gasteiger partial charge in [0.2, 0.25) is 0 Å². The lowest BCUT2D eigenvalue weighted by Crippen LogP contribution is -2.60. The number of ether oxygens (including phenoxy) is 2. The Hall–Kier alpha value is -3.65. The van der Waals surface area contributed by atoms with Gasteiger partial charge in [-0.05, 0) is 92.8 Å². The Morgan fingerprint density at radius 2 is 1.88 bits per heavy atom. The topological polar surface area (TPSA) is 121 Å². The normalized spacial score (nSPS) is 26.1. The Bertz CT molecular complexity index is 1960. The highest BCUT2D eigenvalue weighted by atomic mass is 16.5. The van der Waals surface area contributed by atoms with Crippen LogP contribution in [0.3, 0.4) is 0 Å². The molecule has 3 fully saturated rings. The van der Waals surface area contributed by atoms with Gasteiger partial charge in [-0.1, -0.05) is 26.0 Å². The van der Waals surface area contributed by atoms with E-state index in [1.807, 2.05) is 0 Å². The molecule has 6 bridgehead atoms. The number of carbonyl (C=O) groups excluding carboxylic acids is 2. The van der Waals surface area contributed by atoms with Gasteiger partial charge < -0.3 is 19.8 Å². The van der Waals surface area contributed by atoms with Crippen LogP contribution in [0.15, 0.2) is 36.5 Å². The van der Waals surface area contributed by atoms with E-state index in [-0.39, 0.29) is 24.6 Å². The van der Waals surface area contributed by atoms with Crippen LogP contribution in [0.25, 0.3) is 27.7 Å². The maximum absolute atomic E-state index is 13.6. The molecule has 3 aromatic rings. The molecule has 1 aromatic carbocycles. The third-order valence-electron chi connectivity index (χ3n) is 12.7. The van der Waals surface area contributed by atoms with Crippen molar-refractivity contribution in [1.29, 1.82) is 0 Å². The van der Waals surface area contributed by atoms with Crippen LogP contribution in [0.5, 0.6) is 0 Å². The number of methoxy groups -OCH3 is 1. The molecule has 12 nitrogen and oxygen atoms in total. The lowest BCUT2D eigenvalue weighted by atomic mass is 9.84. The number of nitrogens with one attached hydrogen (secondary N) is 1. The van der Waals surface area contributed by atoms with Crippen molar-refractivity contribution >= 4 is 28.4 Å². The van der Waals surface area contributed by atoms with Crippen LogP contribution in [0.2, 0.25) is 0 Å². The molecule has 4 atom stereocenters. The summed E-state index contributed by atoms with van der Waals surface area (Å²) >= 11 is 0. The molecular weight excluding hydrogens is 705 g/mol. The number of hydrazine groups is 1. The summed E-state index contributed by atoms with van der Waals surface area (Å²) in [5, 5.41) is 2.75. The van der Waals surface area contributed by atoms with Crippen molar-refractivity contribution in [2.24, 2.45) is 11.1 Å². The fourth-order valence-electron chi connectivity index (χ4n) is 9.39. The molecule has 4 aliphatic heterocycles. The van der Waals surface area contributed by atoms with Crippen molar-refractivity contribution in [3.8, 4) is 11.3 Å². The van der Waals surface area contributed by atoms with E-state index in [4.69, 9.17) is 20.2 Å². The summed E-state index contributed by atoms with van der Waals surface area (Å²) in [4.78, 5) is 39.8. The smallest absolute Gasteiger partial charge is 0.324 e. The maximum atomic E-state index is 13.6. The van der Waals surface area contributed by atoms with Crippen molar-refractivity contribution in [3.05, 3.63) is 58.9 Å². The van der Waals surface area contributed by atoms with Gasteiger partial charge in [-0.25, -0.2) is 5.43 Å². The van der Waals surface area contributed by atoms with Crippen LogP contribution < -0.4 is 11.2 Å².